The lowest BCUT2D eigenvalue weighted by Gasteiger charge is -2.36. The van der Waals surface area contributed by atoms with Crippen LogP contribution in [0.1, 0.15) is 11.1 Å². The Morgan fingerprint density at radius 3 is 2.40 bits per heavy atom. The summed E-state index contributed by atoms with van der Waals surface area (Å²) in [5, 5.41) is 14.6. The van der Waals surface area contributed by atoms with Crippen LogP contribution in [-0.4, -0.2) is 40.8 Å². The first-order valence-electron chi connectivity index (χ1n) is 8.77. The van der Waals surface area contributed by atoms with Crippen LogP contribution >= 0.6 is 23.2 Å². The lowest BCUT2D eigenvalue weighted by atomic mass is 10.2. The van der Waals surface area contributed by atoms with Gasteiger partial charge in [-0.15, -0.1) is 5.10 Å². The number of hydrogen-bond donors (Lipinski definition) is 1. The van der Waals surface area contributed by atoms with E-state index in [-0.39, 0.29) is 17.0 Å². The molecule has 2 aromatic heterocycles. The van der Waals surface area contributed by atoms with E-state index in [1.807, 2.05) is 17.0 Å². The van der Waals surface area contributed by atoms with Crippen LogP contribution in [0.4, 0.5) is 24.7 Å². The number of hydrogen-bond acceptors (Lipinski definition) is 5. The summed E-state index contributed by atoms with van der Waals surface area (Å²) in [5.41, 5.74) is -1.96. The molecule has 0 saturated carbocycles. The van der Waals surface area contributed by atoms with Crippen LogP contribution in [0.5, 0.6) is 0 Å². The zero-order chi connectivity index (χ0) is 21.6. The molecule has 4 rings (SSSR count). The fraction of sp³-hybridized carbons (Fsp3) is 0.278. The van der Waals surface area contributed by atoms with E-state index >= 15 is 0 Å². The van der Waals surface area contributed by atoms with Gasteiger partial charge in [0.05, 0.1) is 10.7 Å². The van der Waals surface area contributed by atoms with Gasteiger partial charge in [-0.3, -0.25) is 4.79 Å². The number of nitrogens with zero attached hydrogens (tertiary/aromatic N) is 5. The molecule has 3 heterocycles. The Hall–Kier alpha value is -2.90. The molecule has 0 atom stereocenters. The fourth-order valence-corrected chi connectivity index (χ4v) is 3.96. The minimum absolute atomic E-state index is 0.0128. The summed E-state index contributed by atoms with van der Waals surface area (Å²) >= 11 is 12.2. The predicted molar refractivity (Wildman–Crippen MR) is 106 cm³/mol. The maximum atomic E-state index is 13.0. The van der Waals surface area contributed by atoms with E-state index in [0.29, 0.717) is 46.9 Å². The molecule has 1 aliphatic rings. The Kier molecular flexibility index (Phi) is 5.03. The predicted octanol–water partition coefficient (Wildman–Crippen LogP) is 3.55. The van der Waals surface area contributed by atoms with Crippen molar-refractivity contribution in [1.29, 1.82) is 5.26 Å². The van der Waals surface area contributed by atoms with Gasteiger partial charge in [-0.1, -0.05) is 23.2 Å². The largest absolute Gasteiger partial charge is 0.423 e. The van der Waals surface area contributed by atoms with E-state index in [9.17, 15) is 23.2 Å². The van der Waals surface area contributed by atoms with Crippen molar-refractivity contribution in [2.24, 2.45) is 0 Å². The number of nitrogens with one attached hydrogen (secondary N) is 1. The van der Waals surface area contributed by atoms with Crippen molar-refractivity contribution in [2.75, 3.05) is 36.0 Å². The highest BCUT2D eigenvalue weighted by Crippen LogP contribution is 2.31. The molecule has 7 nitrogen and oxygen atoms in total. The van der Waals surface area contributed by atoms with Crippen LogP contribution in [0.25, 0.3) is 5.65 Å². The van der Waals surface area contributed by atoms with Gasteiger partial charge in [0.15, 0.2) is 11.5 Å². The van der Waals surface area contributed by atoms with Crippen molar-refractivity contribution in [3.05, 3.63) is 55.9 Å². The summed E-state index contributed by atoms with van der Waals surface area (Å²) in [6.07, 6.45) is -4.27. The Labute approximate surface area is 177 Å². The lowest BCUT2D eigenvalue weighted by Crippen LogP contribution is -2.47. The highest BCUT2D eigenvalue weighted by Gasteiger charge is 2.36. The highest BCUT2D eigenvalue weighted by atomic mass is 35.5. The molecule has 12 heteroatoms. The van der Waals surface area contributed by atoms with Crippen LogP contribution in [0, 0.1) is 11.3 Å². The number of benzene rings is 1. The Balaban J connectivity index is 1.65. The molecular formula is C18H13Cl2F3N6O. The van der Waals surface area contributed by atoms with Gasteiger partial charge in [0, 0.05) is 37.4 Å². The van der Waals surface area contributed by atoms with E-state index in [2.05, 4.69) is 10.1 Å². The smallest absolute Gasteiger partial charge is 0.367 e. The number of alkyl halides is 3. The number of H-pyrrole nitrogens is 1. The van der Waals surface area contributed by atoms with Crippen LogP contribution in [-0.2, 0) is 6.18 Å². The quantitative estimate of drug-likeness (QED) is 0.637. The summed E-state index contributed by atoms with van der Waals surface area (Å²) in [5.74, 6) is 0.159. The third-order valence-corrected chi connectivity index (χ3v) is 5.43. The second kappa shape index (κ2) is 7.41. The van der Waals surface area contributed by atoms with Crippen molar-refractivity contribution in [2.45, 2.75) is 6.18 Å². The van der Waals surface area contributed by atoms with Crippen molar-refractivity contribution in [3.63, 3.8) is 0 Å². The lowest BCUT2D eigenvalue weighted by molar-refractivity contribution is -0.139. The molecule has 0 radical (unpaired) electrons. The SMILES string of the molecule is N#Cc1c(N2CCN(c3ccc(Cl)cc3Cl)CC2)nn2c(=O)c(C(F)(F)F)c[nH]c12. The molecule has 1 N–H and O–H groups in total. The van der Waals surface area contributed by atoms with Gasteiger partial charge in [-0.25, -0.2) is 0 Å². The minimum Gasteiger partial charge on any atom is -0.367 e. The summed E-state index contributed by atoms with van der Waals surface area (Å²) in [4.78, 5) is 18.4. The number of halogens is 5. The number of anilines is 2. The van der Waals surface area contributed by atoms with E-state index < -0.39 is 17.3 Å². The minimum atomic E-state index is -4.83. The van der Waals surface area contributed by atoms with E-state index in [4.69, 9.17) is 23.2 Å². The number of fused-ring (bicyclic) bond motifs is 1. The van der Waals surface area contributed by atoms with E-state index in [0.717, 1.165) is 5.69 Å². The standard InChI is InChI=1S/C18H13Cl2F3N6O/c19-10-1-2-14(13(20)7-10)27-3-5-28(6-4-27)16-11(8-24)15-25-9-12(18(21,22)23)17(30)29(15)26-16/h1-2,7,9,25H,3-6H2. The maximum Gasteiger partial charge on any atom is 0.423 e. The van der Waals surface area contributed by atoms with Gasteiger partial charge in [0.25, 0.3) is 5.56 Å². The molecule has 0 bridgehead atoms. The maximum absolute atomic E-state index is 13.0. The van der Waals surface area contributed by atoms with Crippen LogP contribution < -0.4 is 15.4 Å². The topological polar surface area (TPSA) is 80.4 Å². The van der Waals surface area contributed by atoms with Gasteiger partial charge in [0.1, 0.15) is 17.2 Å². The molecule has 0 unspecified atom stereocenters. The molecule has 1 aromatic carbocycles. The molecule has 30 heavy (non-hydrogen) atoms. The van der Waals surface area contributed by atoms with Crippen molar-refractivity contribution < 1.29 is 13.2 Å². The number of rotatable bonds is 2. The van der Waals surface area contributed by atoms with Gasteiger partial charge in [-0.05, 0) is 18.2 Å². The zero-order valence-electron chi connectivity index (χ0n) is 15.2. The average molecular weight is 457 g/mol. The fourth-order valence-electron chi connectivity index (χ4n) is 3.43. The summed E-state index contributed by atoms with van der Waals surface area (Å²) in [7, 11) is 0. The van der Waals surface area contributed by atoms with E-state index in [1.165, 1.54) is 0 Å². The first kappa shape index (κ1) is 20.4. The normalized spacial score (nSPS) is 14.9. The molecule has 1 saturated heterocycles. The van der Waals surface area contributed by atoms with Gasteiger partial charge >= 0.3 is 6.18 Å². The first-order valence-corrected chi connectivity index (χ1v) is 9.53. The van der Waals surface area contributed by atoms with Crippen molar-refractivity contribution in [1.82, 2.24) is 14.6 Å². The Morgan fingerprint density at radius 1 is 1.13 bits per heavy atom. The van der Waals surface area contributed by atoms with Crippen LogP contribution in [0.2, 0.25) is 10.0 Å². The molecule has 3 aromatic rings. The molecule has 1 aliphatic heterocycles. The molecular weight excluding hydrogens is 444 g/mol. The highest BCUT2D eigenvalue weighted by molar-refractivity contribution is 6.36. The summed E-state index contributed by atoms with van der Waals surface area (Å²) < 4.78 is 39.7. The van der Waals surface area contributed by atoms with Crippen molar-refractivity contribution in [3.8, 4) is 6.07 Å². The average Bonchev–Trinajstić information content (AvgIpc) is 3.07. The van der Waals surface area contributed by atoms with E-state index in [1.54, 1.807) is 17.0 Å². The third kappa shape index (κ3) is 3.44. The molecule has 156 valence electrons. The van der Waals surface area contributed by atoms with Crippen molar-refractivity contribution >= 4 is 40.4 Å². The second-order valence-electron chi connectivity index (χ2n) is 6.65. The number of aromatic amines is 1. The van der Waals surface area contributed by atoms with Gasteiger partial charge in [0.2, 0.25) is 0 Å². The Bertz CT molecular complexity index is 1220. The third-order valence-electron chi connectivity index (χ3n) is 4.89. The molecule has 0 aliphatic carbocycles. The summed E-state index contributed by atoms with van der Waals surface area (Å²) in [6, 6.07) is 7.12. The van der Waals surface area contributed by atoms with Crippen LogP contribution in [0.3, 0.4) is 0 Å². The number of aromatic nitrogens is 3. The molecule has 1 fully saturated rings. The molecule has 0 spiro atoms. The monoisotopic (exact) mass is 456 g/mol. The van der Waals surface area contributed by atoms with Crippen LogP contribution in [0.15, 0.2) is 29.2 Å². The second-order valence-corrected chi connectivity index (χ2v) is 7.49. The number of nitriles is 1. The summed E-state index contributed by atoms with van der Waals surface area (Å²) in [6.45, 7) is 1.92. The Morgan fingerprint density at radius 2 is 1.80 bits per heavy atom. The van der Waals surface area contributed by atoms with Gasteiger partial charge in [-0.2, -0.15) is 22.9 Å². The van der Waals surface area contributed by atoms with Gasteiger partial charge < -0.3 is 14.8 Å². The number of piperazine rings is 1. The first-order chi connectivity index (χ1) is 14.2. The zero-order valence-corrected chi connectivity index (χ0v) is 16.7. The molecule has 0 amide bonds.